The van der Waals surface area contributed by atoms with E-state index >= 15 is 0 Å². The number of nitrogens with zero attached hydrogens (tertiary/aromatic N) is 1. The predicted molar refractivity (Wildman–Crippen MR) is 247 cm³/mol. The summed E-state index contributed by atoms with van der Waals surface area (Å²) in [7, 11) is 0. The maximum Gasteiger partial charge on any atom is 0.0926 e. The molecule has 0 radical (unpaired) electrons. The van der Waals surface area contributed by atoms with Crippen LogP contribution in [0.4, 0.5) is 0 Å². The van der Waals surface area contributed by atoms with Crippen LogP contribution in [0.1, 0.15) is 5.56 Å². The first-order valence-corrected chi connectivity index (χ1v) is 19.9. The van der Waals surface area contributed by atoms with Crippen molar-refractivity contribution in [3.63, 3.8) is 0 Å². The van der Waals surface area contributed by atoms with Gasteiger partial charge in [-0.3, -0.25) is 0 Å². The van der Waals surface area contributed by atoms with Gasteiger partial charge in [0.1, 0.15) is 0 Å². The third-order valence-corrected chi connectivity index (χ3v) is 12.2. The molecule has 0 atom stereocenters. The van der Waals surface area contributed by atoms with Crippen molar-refractivity contribution in [2.24, 2.45) is 0 Å². The molecule has 12 rings (SSSR count). The van der Waals surface area contributed by atoms with Gasteiger partial charge in [-0.05, 0) is 85.4 Å². The zero-order valence-corrected chi connectivity index (χ0v) is 31.6. The van der Waals surface area contributed by atoms with Crippen LogP contribution in [0.5, 0.6) is 0 Å². The zero-order valence-electron chi connectivity index (χ0n) is 31.6. The zero-order chi connectivity index (χ0) is 38.3. The van der Waals surface area contributed by atoms with E-state index in [1.165, 1.54) is 86.8 Å². The number of aromatic amines is 1. The number of nitrogens with one attached hydrogen (secondary N) is 3. The Morgan fingerprint density at radius 3 is 2.05 bits per heavy atom. The van der Waals surface area contributed by atoms with E-state index in [4.69, 9.17) is 5.41 Å². The Hall–Kier alpha value is -7.69. The molecule has 0 unspecified atom stereocenters. The normalized spacial score (nSPS) is 14.0. The van der Waals surface area contributed by atoms with E-state index in [9.17, 15) is 0 Å². The van der Waals surface area contributed by atoms with E-state index in [1.807, 2.05) is 30.4 Å². The molecule has 0 amide bonds. The van der Waals surface area contributed by atoms with Gasteiger partial charge in [-0.25, -0.2) is 0 Å². The van der Waals surface area contributed by atoms with Crippen LogP contribution in [0.3, 0.4) is 0 Å². The van der Waals surface area contributed by atoms with Crippen molar-refractivity contribution in [3.8, 4) is 11.1 Å². The maximum atomic E-state index is 8.85. The van der Waals surface area contributed by atoms with E-state index in [0.29, 0.717) is 12.4 Å². The number of fused-ring (bicyclic) bond motifs is 15. The SMILES string of the molecule is N=C1C=CC=C/C1=C(/NCn1c2ccccc2c2c3c4ccccc4c(-c4ccc5[nH]c6ccc7ccccc7c6c5c4)cc3c3ccccc3c21)c1ccccc1. The fraction of sp³-hybridized carbons (Fsp3) is 0.0185. The molecule has 1 aliphatic carbocycles. The molecule has 3 N–H and O–H groups in total. The minimum absolute atomic E-state index is 0.493. The van der Waals surface area contributed by atoms with Gasteiger partial charge in [-0.1, -0.05) is 152 Å². The van der Waals surface area contributed by atoms with Crippen molar-refractivity contribution in [2.75, 3.05) is 0 Å². The molecule has 11 aromatic rings. The summed E-state index contributed by atoms with van der Waals surface area (Å²) in [5.41, 5.74) is 10.5. The monoisotopic (exact) mass is 740 g/mol. The molecule has 1 aliphatic rings. The molecular weight excluding hydrogens is 705 g/mol. The van der Waals surface area contributed by atoms with Crippen molar-refractivity contribution in [2.45, 2.75) is 6.67 Å². The highest BCUT2D eigenvalue weighted by molar-refractivity contribution is 6.37. The summed E-state index contributed by atoms with van der Waals surface area (Å²) >= 11 is 0. The lowest BCUT2D eigenvalue weighted by Gasteiger charge is -2.19. The molecule has 0 bridgehead atoms. The highest BCUT2D eigenvalue weighted by atomic mass is 15.1. The van der Waals surface area contributed by atoms with Crippen LogP contribution in [0.15, 0.2) is 194 Å². The Labute approximate surface area is 334 Å². The maximum absolute atomic E-state index is 8.85. The lowest BCUT2D eigenvalue weighted by molar-refractivity contribution is 0.696. The molecule has 4 nitrogen and oxygen atoms in total. The largest absolute Gasteiger partial charge is 0.366 e. The van der Waals surface area contributed by atoms with Crippen LogP contribution in [-0.4, -0.2) is 15.3 Å². The summed E-state index contributed by atoms with van der Waals surface area (Å²) in [6, 6.07) is 59.6. The average molecular weight is 741 g/mol. The van der Waals surface area contributed by atoms with Gasteiger partial charge in [0, 0.05) is 48.9 Å². The van der Waals surface area contributed by atoms with Gasteiger partial charge < -0.3 is 20.3 Å². The van der Waals surface area contributed by atoms with Gasteiger partial charge in [0.05, 0.1) is 29.1 Å². The lowest BCUT2D eigenvalue weighted by atomic mass is 9.88. The average Bonchev–Trinajstić information content (AvgIpc) is 3.83. The second-order valence-electron chi connectivity index (χ2n) is 15.3. The van der Waals surface area contributed by atoms with Crippen LogP contribution in [0.25, 0.3) is 104 Å². The molecule has 4 heteroatoms. The number of para-hydroxylation sites is 1. The Bertz CT molecular complexity index is 3630. The van der Waals surface area contributed by atoms with Crippen molar-refractivity contribution in [1.82, 2.24) is 14.9 Å². The highest BCUT2D eigenvalue weighted by Gasteiger charge is 2.22. The van der Waals surface area contributed by atoms with Gasteiger partial charge in [0.25, 0.3) is 0 Å². The Balaban J connectivity index is 1.13. The van der Waals surface area contributed by atoms with Crippen molar-refractivity contribution in [3.05, 3.63) is 199 Å². The second kappa shape index (κ2) is 12.7. The first-order chi connectivity index (χ1) is 28.7. The van der Waals surface area contributed by atoms with Crippen LogP contribution >= 0.6 is 0 Å². The van der Waals surface area contributed by atoms with E-state index in [-0.39, 0.29) is 0 Å². The molecular formula is C54H36N4. The number of hydrogen-bond acceptors (Lipinski definition) is 2. The van der Waals surface area contributed by atoms with Crippen molar-refractivity contribution >= 4 is 98.1 Å². The second-order valence-corrected chi connectivity index (χ2v) is 15.3. The molecule has 0 saturated heterocycles. The summed E-state index contributed by atoms with van der Waals surface area (Å²) in [5, 5.41) is 27.6. The first-order valence-electron chi connectivity index (χ1n) is 19.9. The fourth-order valence-corrected chi connectivity index (χ4v) is 9.68. The predicted octanol–water partition coefficient (Wildman–Crippen LogP) is 13.8. The summed E-state index contributed by atoms with van der Waals surface area (Å²) in [4.78, 5) is 3.70. The molecule has 2 aromatic heterocycles. The molecule has 2 heterocycles. The third-order valence-electron chi connectivity index (χ3n) is 12.2. The Morgan fingerprint density at radius 1 is 0.517 bits per heavy atom. The number of hydrogen-bond donors (Lipinski definition) is 3. The van der Waals surface area contributed by atoms with Crippen LogP contribution < -0.4 is 5.32 Å². The number of allylic oxidation sites excluding steroid dienone is 5. The van der Waals surface area contributed by atoms with Gasteiger partial charge in [0.15, 0.2) is 0 Å². The van der Waals surface area contributed by atoms with E-state index in [0.717, 1.165) is 27.9 Å². The molecule has 0 saturated carbocycles. The number of H-pyrrole nitrogens is 1. The number of aromatic nitrogens is 2. The minimum Gasteiger partial charge on any atom is -0.366 e. The Kier molecular flexibility index (Phi) is 7.11. The summed E-state index contributed by atoms with van der Waals surface area (Å²) < 4.78 is 2.44. The molecule has 272 valence electrons. The fourth-order valence-electron chi connectivity index (χ4n) is 9.68. The Morgan fingerprint density at radius 2 is 1.21 bits per heavy atom. The minimum atomic E-state index is 0.493. The topological polar surface area (TPSA) is 56.6 Å². The molecule has 0 fully saturated rings. The van der Waals surface area contributed by atoms with Crippen LogP contribution in [0.2, 0.25) is 0 Å². The molecule has 0 aliphatic heterocycles. The van der Waals surface area contributed by atoms with Crippen LogP contribution in [-0.2, 0) is 6.67 Å². The van der Waals surface area contributed by atoms with Crippen LogP contribution in [0, 0.1) is 5.41 Å². The van der Waals surface area contributed by atoms with Gasteiger partial charge >= 0.3 is 0 Å². The van der Waals surface area contributed by atoms with Gasteiger partial charge in [-0.15, -0.1) is 0 Å². The van der Waals surface area contributed by atoms with E-state index < -0.39 is 0 Å². The quantitative estimate of drug-likeness (QED) is 0.151. The van der Waals surface area contributed by atoms with E-state index in [1.54, 1.807) is 0 Å². The lowest BCUT2D eigenvalue weighted by Crippen LogP contribution is -2.20. The number of rotatable bonds is 5. The third kappa shape index (κ3) is 4.79. The summed E-state index contributed by atoms with van der Waals surface area (Å²) in [6.07, 6.45) is 7.84. The summed E-state index contributed by atoms with van der Waals surface area (Å²) in [5.74, 6) is 0. The smallest absolute Gasteiger partial charge is 0.0926 e. The van der Waals surface area contributed by atoms with Crippen molar-refractivity contribution in [1.29, 1.82) is 5.41 Å². The first kappa shape index (κ1) is 32.5. The standard InChI is InChI=1S/C54H36N4/c55-46-24-12-10-22-41(46)53(34-15-2-1-3-16-34)56-32-58-49-25-13-11-23-42(49)52-51-39-20-8-6-18-37(39)43(31-44(51)38-19-7-9-21-40(38)54(52)58)35-27-28-47-45(30-35)50-36-17-5-4-14-33(36)26-29-48(50)57-47/h1-31,55-57H,32H2/b53-41-,55-46?. The summed E-state index contributed by atoms with van der Waals surface area (Å²) in [6.45, 7) is 0.521. The molecule has 9 aromatic carbocycles. The molecule has 0 spiro atoms. The van der Waals surface area contributed by atoms with E-state index in [2.05, 4.69) is 173 Å². The van der Waals surface area contributed by atoms with Gasteiger partial charge in [-0.2, -0.15) is 0 Å². The van der Waals surface area contributed by atoms with Crippen molar-refractivity contribution < 1.29 is 0 Å². The van der Waals surface area contributed by atoms with Gasteiger partial charge in [0.2, 0.25) is 0 Å². The highest BCUT2D eigenvalue weighted by Crippen LogP contribution is 2.46. The number of benzene rings is 9. The molecule has 58 heavy (non-hydrogen) atoms.